The van der Waals surface area contributed by atoms with Crippen LogP contribution in [0.1, 0.15) is 16.7 Å². The van der Waals surface area contributed by atoms with Gasteiger partial charge in [-0.1, -0.05) is 66.7 Å². The number of rotatable bonds is 3. The fourth-order valence-electron chi connectivity index (χ4n) is 3.76. The molecule has 37 heavy (non-hydrogen) atoms. The number of aliphatic imine (C=N–C) groups is 1. The number of hydrogen-bond acceptors (Lipinski definition) is 4. The lowest BCUT2D eigenvalue weighted by atomic mass is 9.81. The summed E-state index contributed by atoms with van der Waals surface area (Å²) in [6.45, 7) is 0. The fourth-order valence-corrected chi connectivity index (χ4v) is 3.76. The monoisotopic (exact) mass is 523 g/mol. The molecular formula is C25H19F6N3O3. The van der Waals surface area contributed by atoms with Gasteiger partial charge in [0.15, 0.2) is 11.5 Å². The standard InChI is InChI=1S/C23H18F3N3O.C2HF3O2/c1-29-20(30)22(28-21(29)27,16-9-3-2-4-10-16)17-11-7-8-15(14-17)18-12-5-6-13-19(18)23(24,25)26;3-2(4,5)1(6)7/h2-14H,1H3,(H2,27,28);(H,6,7). The average molecular weight is 523 g/mol. The van der Waals surface area contributed by atoms with Gasteiger partial charge < -0.3 is 10.8 Å². The van der Waals surface area contributed by atoms with Crippen molar-refractivity contribution in [3.05, 3.63) is 95.6 Å². The SMILES string of the molecule is CN1C(=O)C(c2ccccc2)(c2cccc(-c3ccccc3C(F)(F)F)c2)N=C1N.O=C(O)C(F)(F)F. The van der Waals surface area contributed by atoms with Crippen LogP contribution >= 0.6 is 0 Å². The van der Waals surface area contributed by atoms with Crippen molar-refractivity contribution in [3.8, 4) is 11.1 Å². The molecule has 1 heterocycles. The van der Waals surface area contributed by atoms with Gasteiger partial charge in [0.2, 0.25) is 0 Å². The lowest BCUT2D eigenvalue weighted by Crippen LogP contribution is -2.41. The predicted molar refractivity (Wildman–Crippen MR) is 122 cm³/mol. The lowest BCUT2D eigenvalue weighted by Gasteiger charge is -2.26. The van der Waals surface area contributed by atoms with E-state index in [-0.39, 0.29) is 17.4 Å². The van der Waals surface area contributed by atoms with Gasteiger partial charge in [0.1, 0.15) is 0 Å². The van der Waals surface area contributed by atoms with Gasteiger partial charge in [0.25, 0.3) is 5.91 Å². The fraction of sp³-hybridized carbons (Fsp3) is 0.160. The maximum absolute atomic E-state index is 13.5. The molecule has 6 nitrogen and oxygen atoms in total. The summed E-state index contributed by atoms with van der Waals surface area (Å²) < 4.78 is 72.4. The number of guanidine groups is 1. The maximum Gasteiger partial charge on any atom is 0.490 e. The van der Waals surface area contributed by atoms with E-state index < -0.39 is 29.4 Å². The summed E-state index contributed by atoms with van der Waals surface area (Å²) in [5.74, 6) is -3.08. The molecule has 0 fully saturated rings. The van der Waals surface area contributed by atoms with E-state index in [1.54, 1.807) is 54.6 Å². The Morgan fingerprint density at radius 1 is 0.892 bits per heavy atom. The molecule has 3 aromatic rings. The topological polar surface area (TPSA) is 96.0 Å². The van der Waals surface area contributed by atoms with Crippen LogP contribution in [0.25, 0.3) is 11.1 Å². The van der Waals surface area contributed by atoms with Gasteiger partial charge in [-0.15, -0.1) is 0 Å². The summed E-state index contributed by atoms with van der Waals surface area (Å²) in [4.78, 5) is 27.9. The number of alkyl halides is 6. The Morgan fingerprint density at radius 2 is 1.43 bits per heavy atom. The molecule has 1 aliphatic heterocycles. The number of benzene rings is 3. The largest absolute Gasteiger partial charge is 0.490 e. The number of carbonyl (C=O) groups is 2. The van der Waals surface area contributed by atoms with Crippen molar-refractivity contribution in [1.82, 2.24) is 4.90 Å². The highest BCUT2D eigenvalue weighted by Crippen LogP contribution is 2.42. The summed E-state index contributed by atoms with van der Waals surface area (Å²) in [7, 11) is 1.52. The summed E-state index contributed by atoms with van der Waals surface area (Å²) >= 11 is 0. The lowest BCUT2D eigenvalue weighted by molar-refractivity contribution is -0.192. The minimum Gasteiger partial charge on any atom is -0.475 e. The number of nitrogens with zero attached hydrogens (tertiary/aromatic N) is 2. The molecule has 0 aromatic heterocycles. The van der Waals surface area contributed by atoms with E-state index in [0.29, 0.717) is 16.7 Å². The molecule has 0 bridgehead atoms. The number of likely N-dealkylation sites (N-methyl/N-ethyl adjacent to an activating group) is 1. The molecule has 0 saturated heterocycles. The second-order valence-electron chi connectivity index (χ2n) is 7.84. The van der Waals surface area contributed by atoms with Crippen LogP contribution in [0.2, 0.25) is 0 Å². The quantitative estimate of drug-likeness (QED) is 0.471. The smallest absolute Gasteiger partial charge is 0.475 e. The Kier molecular flexibility index (Phi) is 7.33. The van der Waals surface area contributed by atoms with E-state index in [9.17, 15) is 31.1 Å². The predicted octanol–water partition coefficient (Wildman–Crippen LogP) is 5.04. The molecule has 4 rings (SSSR count). The Balaban J connectivity index is 0.000000479. The van der Waals surface area contributed by atoms with Crippen LogP contribution in [-0.4, -0.2) is 41.1 Å². The molecule has 0 radical (unpaired) electrons. The Bertz CT molecular complexity index is 1340. The summed E-state index contributed by atoms with van der Waals surface area (Å²) in [6, 6.07) is 20.7. The summed E-state index contributed by atoms with van der Waals surface area (Å²) in [5, 5.41) is 7.12. The van der Waals surface area contributed by atoms with Crippen LogP contribution in [0.4, 0.5) is 26.3 Å². The average Bonchev–Trinajstić information content (AvgIpc) is 3.09. The number of carbonyl (C=O) groups excluding carboxylic acids is 1. The summed E-state index contributed by atoms with van der Waals surface area (Å²) in [5.41, 5.74) is 5.16. The maximum atomic E-state index is 13.5. The van der Waals surface area contributed by atoms with E-state index in [0.717, 1.165) is 6.07 Å². The molecule has 1 unspecified atom stereocenters. The van der Waals surface area contributed by atoms with Gasteiger partial charge in [0.05, 0.1) is 5.56 Å². The van der Waals surface area contributed by atoms with E-state index in [1.807, 2.05) is 6.07 Å². The molecule has 0 spiro atoms. The van der Waals surface area contributed by atoms with Crippen LogP contribution in [0.3, 0.4) is 0 Å². The second-order valence-corrected chi connectivity index (χ2v) is 7.84. The van der Waals surface area contributed by atoms with Crippen LogP contribution in [-0.2, 0) is 21.3 Å². The van der Waals surface area contributed by atoms with Gasteiger partial charge in [-0.05, 0) is 34.4 Å². The molecule has 3 aromatic carbocycles. The molecule has 1 aliphatic rings. The molecule has 0 saturated carbocycles. The van der Waals surface area contributed by atoms with Crippen molar-refractivity contribution in [3.63, 3.8) is 0 Å². The van der Waals surface area contributed by atoms with Crippen LogP contribution in [0, 0.1) is 0 Å². The van der Waals surface area contributed by atoms with Crippen LogP contribution in [0.15, 0.2) is 83.9 Å². The van der Waals surface area contributed by atoms with Crippen molar-refractivity contribution in [2.45, 2.75) is 17.9 Å². The molecular weight excluding hydrogens is 504 g/mol. The van der Waals surface area contributed by atoms with Crippen molar-refractivity contribution < 1.29 is 41.0 Å². The highest BCUT2D eigenvalue weighted by Gasteiger charge is 2.49. The van der Waals surface area contributed by atoms with Crippen molar-refractivity contribution in [2.24, 2.45) is 10.7 Å². The van der Waals surface area contributed by atoms with Gasteiger partial charge in [-0.2, -0.15) is 26.3 Å². The number of hydrogen-bond donors (Lipinski definition) is 2. The van der Waals surface area contributed by atoms with Crippen molar-refractivity contribution >= 4 is 17.8 Å². The highest BCUT2D eigenvalue weighted by molar-refractivity contribution is 6.09. The number of carboxylic acid groups (broad SMARTS) is 1. The first kappa shape index (κ1) is 27.2. The molecule has 1 atom stereocenters. The number of amides is 1. The third-order valence-corrected chi connectivity index (χ3v) is 5.50. The first-order chi connectivity index (χ1) is 17.2. The number of aliphatic carboxylic acids is 1. The minimum atomic E-state index is -5.08. The molecule has 12 heteroatoms. The number of halogens is 6. The molecule has 194 valence electrons. The number of carboxylic acids is 1. The zero-order valence-electron chi connectivity index (χ0n) is 19.0. The minimum absolute atomic E-state index is 0.0332. The molecule has 3 N–H and O–H groups in total. The van der Waals surface area contributed by atoms with Gasteiger partial charge in [-0.3, -0.25) is 9.69 Å². The zero-order valence-corrected chi connectivity index (χ0v) is 19.0. The van der Waals surface area contributed by atoms with Gasteiger partial charge in [0, 0.05) is 7.05 Å². The normalized spacial score (nSPS) is 17.6. The van der Waals surface area contributed by atoms with Gasteiger partial charge in [-0.25, -0.2) is 9.79 Å². The Hall–Kier alpha value is -4.35. The highest BCUT2D eigenvalue weighted by atomic mass is 19.4. The third kappa shape index (κ3) is 5.42. The first-order valence-electron chi connectivity index (χ1n) is 10.5. The Morgan fingerprint density at radius 3 is 1.95 bits per heavy atom. The van der Waals surface area contributed by atoms with Crippen molar-refractivity contribution in [1.29, 1.82) is 0 Å². The summed E-state index contributed by atoms with van der Waals surface area (Å²) in [6.07, 6.45) is -9.59. The third-order valence-electron chi connectivity index (χ3n) is 5.50. The van der Waals surface area contributed by atoms with Crippen LogP contribution in [0.5, 0.6) is 0 Å². The van der Waals surface area contributed by atoms with Crippen molar-refractivity contribution in [2.75, 3.05) is 7.05 Å². The van der Waals surface area contributed by atoms with Crippen LogP contribution < -0.4 is 5.73 Å². The van der Waals surface area contributed by atoms with Gasteiger partial charge >= 0.3 is 18.3 Å². The number of nitrogens with two attached hydrogens (primary N) is 1. The second kappa shape index (κ2) is 9.96. The van der Waals surface area contributed by atoms with E-state index in [2.05, 4.69) is 4.99 Å². The molecule has 1 amide bonds. The molecule has 0 aliphatic carbocycles. The van der Waals surface area contributed by atoms with E-state index in [1.165, 1.54) is 24.1 Å². The van der Waals surface area contributed by atoms with E-state index in [4.69, 9.17) is 15.6 Å². The zero-order chi connectivity index (χ0) is 27.6. The Labute approximate surface area is 206 Å². The first-order valence-corrected chi connectivity index (χ1v) is 10.5. The van der Waals surface area contributed by atoms with E-state index >= 15 is 0 Å².